The molecule has 1 unspecified atom stereocenters. The average molecular weight is 317 g/mol. The molecule has 0 spiro atoms. The van der Waals surface area contributed by atoms with E-state index in [1.165, 1.54) is 12.1 Å². The molecule has 6 heteroatoms. The van der Waals surface area contributed by atoms with Gasteiger partial charge in [0.2, 0.25) is 5.76 Å². The van der Waals surface area contributed by atoms with Crippen molar-refractivity contribution in [2.24, 2.45) is 0 Å². The van der Waals surface area contributed by atoms with E-state index in [4.69, 9.17) is 14.3 Å². The summed E-state index contributed by atoms with van der Waals surface area (Å²) in [4.78, 5) is 23.0. The number of nitrogens with one attached hydrogen (secondary N) is 1. The van der Waals surface area contributed by atoms with E-state index in [0.717, 1.165) is 5.56 Å². The van der Waals surface area contributed by atoms with Crippen molar-refractivity contribution in [3.63, 3.8) is 0 Å². The zero-order valence-electron chi connectivity index (χ0n) is 13.0. The predicted octanol–water partition coefficient (Wildman–Crippen LogP) is 2.76. The summed E-state index contributed by atoms with van der Waals surface area (Å²) >= 11 is 0. The maximum absolute atomic E-state index is 12.2. The van der Waals surface area contributed by atoms with Gasteiger partial charge in [0.05, 0.1) is 6.54 Å². The highest BCUT2D eigenvalue weighted by molar-refractivity contribution is 5.84. The molecule has 0 aliphatic rings. The second kappa shape index (κ2) is 7.49. The normalized spacial score (nSPS) is 11.7. The molecule has 0 saturated heterocycles. The molecule has 1 aromatic carbocycles. The summed E-state index contributed by atoms with van der Waals surface area (Å²) in [5, 5.41) is 11.5. The minimum atomic E-state index is -1.14. The van der Waals surface area contributed by atoms with Crippen molar-refractivity contribution in [2.45, 2.75) is 32.9 Å². The number of benzene rings is 1. The number of aryl methyl sites for hydroxylation is 1. The molecule has 1 aromatic heterocycles. The Balaban J connectivity index is 1.94. The van der Waals surface area contributed by atoms with Gasteiger partial charge in [0.15, 0.2) is 6.10 Å². The van der Waals surface area contributed by atoms with Gasteiger partial charge in [0, 0.05) is 0 Å². The van der Waals surface area contributed by atoms with Crippen LogP contribution in [0.1, 0.15) is 35.2 Å². The zero-order valence-corrected chi connectivity index (χ0v) is 13.0. The fourth-order valence-electron chi connectivity index (χ4n) is 2.04. The van der Waals surface area contributed by atoms with Crippen LogP contribution in [0.15, 0.2) is 40.8 Å². The number of hydrogen-bond acceptors (Lipinski definition) is 4. The van der Waals surface area contributed by atoms with Crippen molar-refractivity contribution in [1.29, 1.82) is 0 Å². The number of hydrogen-bond donors (Lipinski definition) is 2. The van der Waals surface area contributed by atoms with Crippen LogP contribution in [0.4, 0.5) is 0 Å². The average Bonchev–Trinajstić information content (AvgIpc) is 3.01. The van der Waals surface area contributed by atoms with Gasteiger partial charge < -0.3 is 19.6 Å². The molecule has 2 N–H and O–H groups in total. The van der Waals surface area contributed by atoms with Crippen LogP contribution in [-0.2, 0) is 11.3 Å². The number of carbonyl (C=O) groups is 2. The number of aromatic carboxylic acids is 1. The molecule has 0 saturated carbocycles. The third-order valence-corrected chi connectivity index (χ3v) is 3.34. The van der Waals surface area contributed by atoms with E-state index in [1.807, 2.05) is 38.1 Å². The topological polar surface area (TPSA) is 88.8 Å². The Morgan fingerprint density at radius 1 is 1.26 bits per heavy atom. The number of rotatable bonds is 7. The number of para-hydroxylation sites is 1. The Kier molecular flexibility index (Phi) is 5.41. The van der Waals surface area contributed by atoms with E-state index in [2.05, 4.69) is 5.32 Å². The molecule has 2 aromatic rings. The SMILES string of the molecule is CCC(Oc1ccccc1C)C(=O)NCc1ccc(C(=O)O)o1. The Bertz CT molecular complexity index is 692. The number of carbonyl (C=O) groups excluding carboxylic acids is 1. The molecule has 0 fully saturated rings. The second-order valence-corrected chi connectivity index (χ2v) is 5.07. The molecule has 0 radical (unpaired) electrons. The van der Waals surface area contributed by atoms with Crippen LogP contribution in [0.2, 0.25) is 0 Å². The van der Waals surface area contributed by atoms with Crippen LogP contribution >= 0.6 is 0 Å². The molecule has 0 aliphatic heterocycles. The molecule has 0 bridgehead atoms. The first-order valence-corrected chi connectivity index (χ1v) is 7.33. The highest BCUT2D eigenvalue weighted by atomic mass is 16.5. The first-order valence-electron chi connectivity index (χ1n) is 7.33. The Labute approximate surface area is 134 Å². The smallest absolute Gasteiger partial charge is 0.371 e. The van der Waals surface area contributed by atoms with Crippen LogP contribution in [0, 0.1) is 6.92 Å². The Hall–Kier alpha value is -2.76. The number of ether oxygens (including phenoxy) is 1. The minimum absolute atomic E-state index is 0.111. The molecule has 23 heavy (non-hydrogen) atoms. The first-order chi connectivity index (χ1) is 11.0. The van der Waals surface area contributed by atoms with E-state index in [-0.39, 0.29) is 18.2 Å². The van der Waals surface area contributed by atoms with Crippen molar-refractivity contribution in [3.05, 3.63) is 53.5 Å². The maximum Gasteiger partial charge on any atom is 0.371 e. The van der Waals surface area contributed by atoms with Gasteiger partial charge in [-0.15, -0.1) is 0 Å². The highest BCUT2D eigenvalue weighted by Crippen LogP contribution is 2.19. The van der Waals surface area contributed by atoms with Gasteiger partial charge >= 0.3 is 5.97 Å². The van der Waals surface area contributed by atoms with Crippen LogP contribution in [0.3, 0.4) is 0 Å². The van der Waals surface area contributed by atoms with E-state index in [0.29, 0.717) is 17.9 Å². The van der Waals surface area contributed by atoms with Crippen LogP contribution in [0.5, 0.6) is 5.75 Å². The Morgan fingerprint density at radius 2 is 2.00 bits per heavy atom. The van der Waals surface area contributed by atoms with E-state index in [9.17, 15) is 9.59 Å². The summed E-state index contributed by atoms with van der Waals surface area (Å²) < 4.78 is 10.8. The molecule has 0 aliphatic carbocycles. The van der Waals surface area contributed by atoms with Gasteiger partial charge in [-0.05, 0) is 37.1 Å². The largest absolute Gasteiger partial charge is 0.480 e. The van der Waals surface area contributed by atoms with Crippen LogP contribution in [0.25, 0.3) is 0 Å². The molecule has 2 rings (SSSR count). The number of carboxylic acids is 1. The molecule has 122 valence electrons. The fraction of sp³-hybridized carbons (Fsp3) is 0.294. The summed E-state index contributed by atoms with van der Waals surface area (Å²) in [6, 6.07) is 10.4. The minimum Gasteiger partial charge on any atom is -0.480 e. The van der Waals surface area contributed by atoms with E-state index in [1.54, 1.807) is 0 Å². The lowest BCUT2D eigenvalue weighted by atomic mass is 10.2. The summed E-state index contributed by atoms with van der Waals surface area (Å²) in [7, 11) is 0. The summed E-state index contributed by atoms with van der Waals surface area (Å²) in [6.07, 6.45) is -0.108. The van der Waals surface area contributed by atoms with Gasteiger partial charge in [0.1, 0.15) is 11.5 Å². The summed E-state index contributed by atoms with van der Waals surface area (Å²) in [5.41, 5.74) is 0.955. The molecular weight excluding hydrogens is 298 g/mol. The Morgan fingerprint density at radius 3 is 2.61 bits per heavy atom. The van der Waals surface area contributed by atoms with Gasteiger partial charge in [-0.1, -0.05) is 25.1 Å². The molecular formula is C17H19NO5. The lowest BCUT2D eigenvalue weighted by Crippen LogP contribution is -2.37. The monoisotopic (exact) mass is 317 g/mol. The van der Waals surface area contributed by atoms with Gasteiger partial charge in [-0.25, -0.2) is 4.79 Å². The quantitative estimate of drug-likeness (QED) is 0.819. The number of amides is 1. The van der Waals surface area contributed by atoms with Crippen molar-refractivity contribution in [2.75, 3.05) is 0 Å². The van der Waals surface area contributed by atoms with Crippen LogP contribution in [-0.4, -0.2) is 23.1 Å². The standard InChI is InChI=1S/C17H19NO5/c1-3-13(23-14-7-5-4-6-11(14)2)16(19)18-10-12-8-9-15(22-12)17(20)21/h4-9,13H,3,10H2,1-2H3,(H,18,19)(H,20,21). The number of carboxylic acid groups (broad SMARTS) is 1. The molecule has 1 heterocycles. The molecule has 1 atom stereocenters. The molecule has 1 amide bonds. The van der Waals surface area contributed by atoms with Gasteiger partial charge in [-0.3, -0.25) is 4.79 Å². The lowest BCUT2D eigenvalue weighted by molar-refractivity contribution is -0.128. The van der Waals surface area contributed by atoms with Crippen molar-refractivity contribution in [3.8, 4) is 5.75 Å². The summed E-state index contributed by atoms with van der Waals surface area (Å²) in [6.45, 7) is 3.88. The maximum atomic E-state index is 12.2. The summed E-state index contributed by atoms with van der Waals surface area (Å²) in [5.74, 6) is -0.527. The van der Waals surface area contributed by atoms with Gasteiger partial charge in [-0.2, -0.15) is 0 Å². The van der Waals surface area contributed by atoms with Crippen molar-refractivity contribution < 1.29 is 23.8 Å². The lowest BCUT2D eigenvalue weighted by Gasteiger charge is -2.18. The van der Waals surface area contributed by atoms with E-state index >= 15 is 0 Å². The number of furan rings is 1. The molecule has 6 nitrogen and oxygen atoms in total. The first kappa shape index (κ1) is 16.6. The fourth-order valence-corrected chi connectivity index (χ4v) is 2.04. The predicted molar refractivity (Wildman–Crippen MR) is 83.4 cm³/mol. The third-order valence-electron chi connectivity index (χ3n) is 3.34. The van der Waals surface area contributed by atoms with Crippen LogP contribution < -0.4 is 10.1 Å². The van der Waals surface area contributed by atoms with Crippen molar-refractivity contribution >= 4 is 11.9 Å². The zero-order chi connectivity index (χ0) is 16.8. The highest BCUT2D eigenvalue weighted by Gasteiger charge is 2.19. The second-order valence-electron chi connectivity index (χ2n) is 5.07. The van der Waals surface area contributed by atoms with Crippen molar-refractivity contribution in [1.82, 2.24) is 5.32 Å². The van der Waals surface area contributed by atoms with E-state index < -0.39 is 12.1 Å². The third kappa shape index (κ3) is 4.35. The van der Waals surface area contributed by atoms with Gasteiger partial charge in [0.25, 0.3) is 5.91 Å².